The molecular formula is C20H23NO5. The van der Waals surface area contributed by atoms with Gasteiger partial charge in [0.05, 0.1) is 19.8 Å². The standard InChI is InChI=1S/C20H23NO5/c22-19(13-25-17-7-3-1-4-8-17)21-11-12-24-15-20(23,14-21)16-26-18-9-5-2-6-10-18/h1-10,23H,11-16H2/t20-/m0/s1. The summed E-state index contributed by atoms with van der Waals surface area (Å²) in [6.45, 7) is 0.981. The fourth-order valence-corrected chi connectivity index (χ4v) is 2.70. The highest BCUT2D eigenvalue weighted by molar-refractivity contribution is 5.78. The molecule has 0 aliphatic carbocycles. The summed E-state index contributed by atoms with van der Waals surface area (Å²) >= 11 is 0. The fraction of sp³-hybridized carbons (Fsp3) is 0.350. The van der Waals surface area contributed by atoms with E-state index in [1.807, 2.05) is 48.5 Å². The maximum Gasteiger partial charge on any atom is 0.260 e. The quantitative estimate of drug-likeness (QED) is 0.853. The lowest BCUT2D eigenvalue weighted by Crippen LogP contribution is -2.51. The largest absolute Gasteiger partial charge is 0.490 e. The fourth-order valence-electron chi connectivity index (χ4n) is 2.70. The van der Waals surface area contributed by atoms with Crippen molar-refractivity contribution in [3.8, 4) is 11.5 Å². The topological polar surface area (TPSA) is 68.2 Å². The summed E-state index contributed by atoms with van der Waals surface area (Å²) < 4.78 is 16.7. The molecule has 1 fully saturated rings. The van der Waals surface area contributed by atoms with Crippen LogP contribution in [0.25, 0.3) is 0 Å². The Morgan fingerprint density at radius 3 is 2.31 bits per heavy atom. The Labute approximate surface area is 152 Å². The van der Waals surface area contributed by atoms with Crippen LogP contribution in [0.3, 0.4) is 0 Å². The molecule has 1 aliphatic rings. The predicted octanol–water partition coefficient (Wildman–Crippen LogP) is 1.73. The van der Waals surface area contributed by atoms with Gasteiger partial charge >= 0.3 is 0 Å². The van der Waals surface area contributed by atoms with Crippen LogP contribution < -0.4 is 9.47 Å². The molecule has 26 heavy (non-hydrogen) atoms. The smallest absolute Gasteiger partial charge is 0.260 e. The lowest BCUT2D eigenvalue weighted by Gasteiger charge is -2.30. The maximum atomic E-state index is 12.5. The van der Waals surface area contributed by atoms with Crippen LogP contribution in [0.5, 0.6) is 11.5 Å². The second-order valence-corrected chi connectivity index (χ2v) is 6.30. The van der Waals surface area contributed by atoms with Crippen molar-refractivity contribution in [3.05, 3.63) is 60.7 Å². The van der Waals surface area contributed by atoms with E-state index in [9.17, 15) is 9.90 Å². The summed E-state index contributed by atoms with van der Waals surface area (Å²) in [5.74, 6) is 1.10. The van der Waals surface area contributed by atoms with Crippen LogP contribution in [0.15, 0.2) is 60.7 Å². The molecular weight excluding hydrogens is 334 g/mol. The first-order chi connectivity index (χ1) is 12.6. The van der Waals surface area contributed by atoms with E-state index in [-0.39, 0.29) is 32.3 Å². The Morgan fingerprint density at radius 1 is 1.04 bits per heavy atom. The summed E-state index contributed by atoms with van der Waals surface area (Å²) in [7, 11) is 0. The predicted molar refractivity (Wildman–Crippen MR) is 96.2 cm³/mol. The van der Waals surface area contributed by atoms with Gasteiger partial charge in [-0.2, -0.15) is 0 Å². The molecule has 2 aromatic rings. The summed E-state index contributed by atoms with van der Waals surface area (Å²) in [5.41, 5.74) is -1.27. The molecule has 0 unspecified atom stereocenters. The van der Waals surface area contributed by atoms with E-state index in [0.29, 0.717) is 24.7 Å². The number of hydrogen-bond acceptors (Lipinski definition) is 5. The van der Waals surface area contributed by atoms with Crippen molar-refractivity contribution in [3.63, 3.8) is 0 Å². The van der Waals surface area contributed by atoms with E-state index < -0.39 is 5.60 Å². The minimum absolute atomic E-state index is 0.0420. The minimum atomic E-state index is -1.27. The van der Waals surface area contributed by atoms with E-state index in [1.54, 1.807) is 17.0 Å². The lowest BCUT2D eigenvalue weighted by molar-refractivity contribution is -0.137. The van der Waals surface area contributed by atoms with Gasteiger partial charge in [-0.3, -0.25) is 4.79 Å². The van der Waals surface area contributed by atoms with E-state index in [2.05, 4.69) is 0 Å². The number of amides is 1. The van der Waals surface area contributed by atoms with Crippen LogP contribution in [0, 0.1) is 0 Å². The molecule has 1 heterocycles. The summed E-state index contributed by atoms with van der Waals surface area (Å²) in [6, 6.07) is 18.4. The number of aliphatic hydroxyl groups is 1. The van der Waals surface area contributed by atoms with Crippen LogP contribution in [-0.4, -0.2) is 61.0 Å². The zero-order valence-electron chi connectivity index (χ0n) is 14.5. The minimum Gasteiger partial charge on any atom is -0.490 e. The average molecular weight is 357 g/mol. The van der Waals surface area contributed by atoms with E-state index in [1.165, 1.54) is 0 Å². The van der Waals surface area contributed by atoms with Gasteiger partial charge in [-0.25, -0.2) is 0 Å². The van der Waals surface area contributed by atoms with Crippen molar-refractivity contribution in [2.24, 2.45) is 0 Å². The monoisotopic (exact) mass is 357 g/mol. The van der Waals surface area contributed by atoms with Gasteiger partial charge in [0.2, 0.25) is 0 Å². The van der Waals surface area contributed by atoms with Crippen molar-refractivity contribution >= 4 is 5.91 Å². The maximum absolute atomic E-state index is 12.5. The van der Waals surface area contributed by atoms with Gasteiger partial charge in [-0.05, 0) is 24.3 Å². The van der Waals surface area contributed by atoms with Gasteiger partial charge in [0.25, 0.3) is 5.91 Å². The van der Waals surface area contributed by atoms with Gasteiger partial charge in [0, 0.05) is 6.54 Å². The molecule has 138 valence electrons. The molecule has 6 heteroatoms. The molecule has 0 radical (unpaired) electrons. The third-order valence-corrected chi connectivity index (χ3v) is 4.07. The molecule has 6 nitrogen and oxygen atoms in total. The van der Waals surface area contributed by atoms with Gasteiger partial charge in [0.1, 0.15) is 23.7 Å². The number of carbonyl (C=O) groups excluding carboxylic acids is 1. The highest BCUT2D eigenvalue weighted by atomic mass is 16.5. The van der Waals surface area contributed by atoms with Crippen LogP contribution in [-0.2, 0) is 9.53 Å². The highest BCUT2D eigenvalue weighted by Crippen LogP contribution is 2.17. The number of β-amino-alcohol motifs (C(OH)–C–C–N with tert-alkyl or cyclic N) is 1. The number of ether oxygens (including phenoxy) is 3. The van der Waals surface area contributed by atoms with Crippen LogP contribution in [0.2, 0.25) is 0 Å². The Kier molecular flexibility index (Phi) is 6.09. The van der Waals surface area contributed by atoms with Gasteiger partial charge in [-0.15, -0.1) is 0 Å². The Hall–Kier alpha value is -2.57. The molecule has 3 rings (SSSR count). The first-order valence-corrected chi connectivity index (χ1v) is 8.58. The van der Waals surface area contributed by atoms with Crippen molar-refractivity contribution in [1.29, 1.82) is 0 Å². The molecule has 2 aromatic carbocycles. The average Bonchev–Trinajstić information content (AvgIpc) is 2.88. The Morgan fingerprint density at radius 2 is 1.65 bits per heavy atom. The zero-order valence-corrected chi connectivity index (χ0v) is 14.5. The highest BCUT2D eigenvalue weighted by Gasteiger charge is 2.35. The number of hydrogen-bond donors (Lipinski definition) is 1. The van der Waals surface area contributed by atoms with Crippen molar-refractivity contribution in [2.45, 2.75) is 5.60 Å². The summed E-state index contributed by atoms with van der Waals surface area (Å²) in [6.07, 6.45) is 0. The molecule has 1 N–H and O–H groups in total. The second-order valence-electron chi connectivity index (χ2n) is 6.30. The second kappa shape index (κ2) is 8.69. The van der Waals surface area contributed by atoms with E-state index in [4.69, 9.17) is 14.2 Å². The molecule has 1 atom stereocenters. The van der Waals surface area contributed by atoms with Crippen molar-refractivity contribution in [1.82, 2.24) is 4.90 Å². The number of rotatable bonds is 6. The number of para-hydroxylation sites is 2. The van der Waals surface area contributed by atoms with Crippen LogP contribution in [0.4, 0.5) is 0 Å². The summed E-state index contributed by atoms with van der Waals surface area (Å²) in [5, 5.41) is 10.8. The van der Waals surface area contributed by atoms with Crippen molar-refractivity contribution < 1.29 is 24.1 Å². The first kappa shape index (κ1) is 18.2. The molecule has 0 aromatic heterocycles. The molecule has 0 spiro atoms. The number of carbonyl (C=O) groups is 1. The van der Waals surface area contributed by atoms with E-state index in [0.717, 1.165) is 0 Å². The molecule has 1 aliphatic heterocycles. The molecule has 0 saturated carbocycles. The molecule has 0 bridgehead atoms. The summed E-state index contributed by atoms with van der Waals surface area (Å²) in [4.78, 5) is 14.0. The lowest BCUT2D eigenvalue weighted by atomic mass is 10.1. The zero-order chi connectivity index (χ0) is 18.2. The third-order valence-electron chi connectivity index (χ3n) is 4.07. The SMILES string of the molecule is O=C(COc1ccccc1)N1CCOC[C@](O)(COc2ccccc2)C1. The number of nitrogens with zero attached hydrogens (tertiary/aromatic N) is 1. The van der Waals surface area contributed by atoms with E-state index >= 15 is 0 Å². The Bertz CT molecular complexity index is 694. The number of benzene rings is 2. The van der Waals surface area contributed by atoms with Gasteiger partial charge < -0.3 is 24.2 Å². The Balaban J connectivity index is 1.56. The third kappa shape index (κ3) is 5.21. The normalized spacial score (nSPS) is 20.3. The molecule has 1 amide bonds. The van der Waals surface area contributed by atoms with Crippen molar-refractivity contribution in [2.75, 3.05) is 39.5 Å². The van der Waals surface area contributed by atoms with Crippen LogP contribution in [0.1, 0.15) is 0 Å². The van der Waals surface area contributed by atoms with Gasteiger partial charge in [0.15, 0.2) is 6.61 Å². The van der Waals surface area contributed by atoms with Gasteiger partial charge in [-0.1, -0.05) is 36.4 Å². The molecule has 1 saturated heterocycles. The first-order valence-electron chi connectivity index (χ1n) is 8.58. The van der Waals surface area contributed by atoms with Crippen LogP contribution >= 0.6 is 0 Å².